The Hall–Kier alpha value is 1.70. The Morgan fingerprint density at radius 3 is 1.06 bits per heavy atom. The van der Waals surface area contributed by atoms with Crippen molar-refractivity contribution < 1.29 is 51.4 Å². The van der Waals surface area contributed by atoms with Crippen LogP contribution < -0.4 is 51.4 Å². The molecule has 0 radical (unpaired) electrons. The van der Waals surface area contributed by atoms with Gasteiger partial charge in [0.15, 0.2) is 0 Å². The molecule has 0 N–H and O–H groups in total. The van der Waals surface area contributed by atoms with Gasteiger partial charge in [-0.25, -0.2) is 0 Å². The summed E-state index contributed by atoms with van der Waals surface area (Å²) in [7, 11) is 0. The third kappa shape index (κ3) is 15.6. The second-order valence-corrected chi connectivity index (χ2v) is 5.74. The number of unbranched alkanes of at least 4 members (excludes halogenated alkanes) is 6. The summed E-state index contributed by atoms with van der Waals surface area (Å²) in [5.41, 5.74) is 0. The van der Waals surface area contributed by atoms with E-state index in [-0.39, 0.29) is 58.1 Å². The van der Waals surface area contributed by atoms with E-state index in [1.54, 1.807) is 19.0 Å². The van der Waals surface area contributed by atoms with E-state index in [1.807, 2.05) is 0 Å². The standard InChI is InChI=1S/C15H34B.K/c1-4-7-10-13-16(14-11-8-5-2)15-12-9-6-3;/h16H,4-15H2,1-3H3;/q-1;+1. The Kier molecular flexibility index (Phi) is 21.9. The van der Waals surface area contributed by atoms with Crippen molar-refractivity contribution in [1.82, 2.24) is 0 Å². The summed E-state index contributed by atoms with van der Waals surface area (Å²) < 4.78 is 0. The molecule has 0 fully saturated rings. The monoisotopic (exact) mass is 264 g/mol. The van der Waals surface area contributed by atoms with Gasteiger partial charge in [-0.15, -0.1) is 0 Å². The first-order chi connectivity index (χ1) is 7.85. The third-order valence-electron chi connectivity index (χ3n) is 4.06. The first-order valence-corrected chi connectivity index (χ1v) is 8.12. The van der Waals surface area contributed by atoms with E-state index in [9.17, 15) is 0 Å². The van der Waals surface area contributed by atoms with Crippen LogP contribution >= 0.6 is 0 Å². The van der Waals surface area contributed by atoms with E-state index in [2.05, 4.69) is 20.8 Å². The van der Waals surface area contributed by atoms with Gasteiger partial charge in [-0.3, -0.25) is 0 Å². The van der Waals surface area contributed by atoms with Crippen molar-refractivity contribution >= 4 is 6.71 Å². The second-order valence-electron chi connectivity index (χ2n) is 5.74. The quantitative estimate of drug-likeness (QED) is 0.375. The predicted molar refractivity (Wildman–Crippen MR) is 80.1 cm³/mol. The van der Waals surface area contributed by atoms with Crippen LogP contribution in [-0.4, -0.2) is 6.71 Å². The molecule has 0 saturated heterocycles. The van der Waals surface area contributed by atoms with Gasteiger partial charge in [-0.2, -0.15) is 19.0 Å². The summed E-state index contributed by atoms with van der Waals surface area (Å²) in [4.78, 5) is 0. The molecule has 0 aromatic rings. The fourth-order valence-corrected chi connectivity index (χ4v) is 2.87. The summed E-state index contributed by atoms with van der Waals surface area (Å²) >= 11 is 0. The Bertz CT molecular complexity index is 104. The summed E-state index contributed by atoms with van der Waals surface area (Å²) in [5.74, 6) is 0. The predicted octanol–water partition coefficient (Wildman–Crippen LogP) is 2.79. The van der Waals surface area contributed by atoms with Crippen molar-refractivity contribution in [3.63, 3.8) is 0 Å². The summed E-state index contributed by atoms with van der Waals surface area (Å²) in [6, 6.07) is 0. The molecule has 0 atom stereocenters. The van der Waals surface area contributed by atoms with Gasteiger partial charge < -0.3 is 0 Å². The first-order valence-electron chi connectivity index (χ1n) is 8.12. The molecule has 0 saturated carbocycles. The average Bonchev–Trinajstić information content (AvgIpc) is 2.29. The van der Waals surface area contributed by atoms with Gasteiger partial charge in [0.05, 0.1) is 0 Å². The number of rotatable bonds is 12. The van der Waals surface area contributed by atoms with Crippen LogP contribution in [0.2, 0.25) is 19.0 Å². The van der Waals surface area contributed by atoms with E-state index >= 15 is 0 Å². The van der Waals surface area contributed by atoms with Gasteiger partial charge in [-0.05, 0) is 6.71 Å². The Labute approximate surface area is 154 Å². The van der Waals surface area contributed by atoms with Crippen LogP contribution in [0.4, 0.5) is 0 Å². The SMILES string of the molecule is CCCCC[BH-](CCCCC)CCCCC.[K+]. The average molecular weight is 264 g/mol. The molecular weight excluding hydrogens is 230 g/mol. The summed E-state index contributed by atoms with van der Waals surface area (Å²) in [5, 5.41) is 0. The zero-order valence-corrected chi connectivity index (χ0v) is 16.3. The molecule has 0 bridgehead atoms. The van der Waals surface area contributed by atoms with E-state index in [0.717, 1.165) is 0 Å². The van der Waals surface area contributed by atoms with Gasteiger partial charge in [0.1, 0.15) is 0 Å². The Balaban J connectivity index is 0. The van der Waals surface area contributed by atoms with Gasteiger partial charge >= 0.3 is 51.4 Å². The normalized spacial score (nSPS) is 10.6. The molecule has 0 unspecified atom stereocenters. The maximum atomic E-state index is 2.32. The maximum absolute atomic E-state index is 2.32. The van der Waals surface area contributed by atoms with Crippen molar-refractivity contribution in [2.45, 2.75) is 97.5 Å². The van der Waals surface area contributed by atoms with Crippen LogP contribution in [0.5, 0.6) is 0 Å². The van der Waals surface area contributed by atoms with Crippen LogP contribution in [-0.2, 0) is 0 Å². The van der Waals surface area contributed by atoms with Crippen molar-refractivity contribution in [2.75, 3.05) is 0 Å². The minimum absolute atomic E-state index is 0. The Morgan fingerprint density at radius 1 is 0.529 bits per heavy atom. The van der Waals surface area contributed by atoms with Gasteiger partial charge in [0.25, 0.3) is 0 Å². The Morgan fingerprint density at radius 2 is 0.824 bits per heavy atom. The van der Waals surface area contributed by atoms with Gasteiger partial charge in [0.2, 0.25) is 0 Å². The molecule has 0 aromatic carbocycles. The number of hydrogen-bond donors (Lipinski definition) is 0. The fraction of sp³-hybridized carbons (Fsp3) is 1.00. The minimum Gasteiger partial charge on any atom is -0.181 e. The molecule has 0 aliphatic carbocycles. The topological polar surface area (TPSA) is 0 Å². The van der Waals surface area contributed by atoms with Crippen molar-refractivity contribution in [3.05, 3.63) is 0 Å². The van der Waals surface area contributed by atoms with E-state index < -0.39 is 0 Å². The van der Waals surface area contributed by atoms with E-state index in [4.69, 9.17) is 0 Å². The fourth-order valence-electron chi connectivity index (χ4n) is 2.87. The molecule has 0 amide bonds. The smallest absolute Gasteiger partial charge is 0.181 e. The maximum Gasteiger partial charge on any atom is 1.00 e. The molecule has 2 heteroatoms. The van der Waals surface area contributed by atoms with E-state index in [1.165, 1.54) is 57.8 Å². The molecular formula is C15H34BK. The molecule has 98 valence electrons. The van der Waals surface area contributed by atoms with Crippen molar-refractivity contribution in [1.29, 1.82) is 0 Å². The molecule has 0 aliphatic rings. The molecule has 0 nitrogen and oxygen atoms in total. The molecule has 0 heterocycles. The summed E-state index contributed by atoms with van der Waals surface area (Å²) in [6.07, 6.45) is 17.8. The van der Waals surface area contributed by atoms with Gasteiger partial charge in [0, 0.05) is 0 Å². The molecule has 0 rings (SSSR count). The van der Waals surface area contributed by atoms with Crippen LogP contribution in [0, 0.1) is 0 Å². The van der Waals surface area contributed by atoms with Gasteiger partial charge in [-0.1, -0.05) is 78.6 Å². The number of hydrogen-bond acceptors (Lipinski definition) is 0. The van der Waals surface area contributed by atoms with Crippen LogP contribution in [0.3, 0.4) is 0 Å². The van der Waals surface area contributed by atoms with Crippen molar-refractivity contribution in [3.8, 4) is 0 Å². The van der Waals surface area contributed by atoms with Crippen molar-refractivity contribution in [2.24, 2.45) is 0 Å². The third-order valence-corrected chi connectivity index (χ3v) is 4.06. The molecule has 0 aromatic heterocycles. The van der Waals surface area contributed by atoms with E-state index in [0.29, 0.717) is 0 Å². The van der Waals surface area contributed by atoms with Crippen LogP contribution in [0.1, 0.15) is 78.6 Å². The largest absolute Gasteiger partial charge is 1.00 e. The minimum atomic E-state index is 0. The summed E-state index contributed by atoms with van der Waals surface area (Å²) in [6.45, 7) is 7.18. The molecule has 0 spiro atoms. The second kappa shape index (κ2) is 17.7. The molecule has 0 aliphatic heterocycles. The van der Waals surface area contributed by atoms with Crippen LogP contribution in [0.15, 0.2) is 0 Å². The zero-order chi connectivity index (χ0) is 12.1. The molecule has 17 heavy (non-hydrogen) atoms. The zero-order valence-electron chi connectivity index (χ0n) is 13.2. The first kappa shape index (κ1) is 21.0. The van der Waals surface area contributed by atoms with Crippen LogP contribution in [0.25, 0.3) is 0 Å².